The summed E-state index contributed by atoms with van der Waals surface area (Å²) in [5.41, 5.74) is 8.35. The Balaban J connectivity index is 1.37. The molecule has 2 unspecified atom stereocenters. The van der Waals surface area contributed by atoms with Gasteiger partial charge in [-0.3, -0.25) is 4.68 Å². The number of anilines is 2. The van der Waals surface area contributed by atoms with Crippen LogP contribution in [0.15, 0.2) is 30.6 Å². The average molecular weight is 422 g/mol. The summed E-state index contributed by atoms with van der Waals surface area (Å²) in [5.74, 6) is 1.26. The van der Waals surface area contributed by atoms with Crippen molar-refractivity contribution in [1.82, 2.24) is 29.4 Å². The summed E-state index contributed by atoms with van der Waals surface area (Å²) in [6.45, 7) is 0.978. The smallest absolute Gasteiger partial charge is 0.223 e. The van der Waals surface area contributed by atoms with Gasteiger partial charge in [0.15, 0.2) is 11.5 Å². The second-order valence-corrected chi connectivity index (χ2v) is 8.38. The molecule has 9 nitrogen and oxygen atoms in total. The molecule has 0 bridgehead atoms. The highest BCUT2D eigenvalue weighted by molar-refractivity contribution is 5.95. The van der Waals surface area contributed by atoms with E-state index >= 15 is 0 Å². The molecule has 2 atom stereocenters. The Morgan fingerprint density at radius 3 is 2.87 bits per heavy atom. The minimum Gasteiger partial charge on any atom is -0.494 e. The van der Waals surface area contributed by atoms with Crippen LogP contribution in [-0.4, -0.2) is 55.7 Å². The standard InChI is InChI=1S/C21H23FN8O/c1-31-17-4-2-3-16-18(17)25-21(23)30-20(16)26-19(27-30)12-7-13(22)10-28(9-12)15-8-24-29(11-15)14-5-6-14/h2-4,8,11-14H,5-7,9-10H2,1H3,(H2,23,25). The molecule has 4 aromatic rings. The first-order chi connectivity index (χ1) is 15.1. The molecule has 4 heterocycles. The Morgan fingerprint density at radius 2 is 2.06 bits per heavy atom. The minimum absolute atomic E-state index is 0.159. The molecule has 0 spiro atoms. The number of hydrogen-bond donors (Lipinski definition) is 1. The molecule has 31 heavy (non-hydrogen) atoms. The summed E-state index contributed by atoms with van der Waals surface area (Å²) in [6.07, 6.45) is 5.57. The van der Waals surface area contributed by atoms with E-state index in [0.29, 0.717) is 48.3 Å². The lowest BCUT2D eigenvalue weighted by molar-refractivity contribution is 0.264. The predicted octanol–water partition coefficient (Wildman–Crippen LogP) is 2.73. The van der Waals surface area contributed by atoms with Gasteiger partial charge in [0.05, 0.1) is 25.0 Å². The average Bonchev–Trinajstić information content (AvgIpc) is 3.32. The Hall–Kier alpha value is -3.43. The summed E-state index contributed by atoms with van der Waals surface area (Å²) >= 11 is 0. The summed E-state index contributed by atoms with van der Waals surface area (Å²) in [6, 6.07) is 6.12. The SMILES string of the molecule is COc1cccc2c1nc(N)n1nc(C3CC(F)CN(c4cnn(C5CC5)c4)C3)nc21. The van der Waals surface area contributed by atoms with Crippen LogP contribution >= 0.6 is 0 Å². The van der Waals surface area contributed by atoms with Crippen LogP contribution in [-0.2, 0) is 0 Å². The van der Waals surface area contributed by atoms with Crippen molar-refractivity contribution in [2.24, 2.45) is 0 Å². The number of piperidine rings is 1. The van der Waals surface area contributed by atoms with Gasteiger partial charge in [0.2, 0.25) is 5.95 Å². The molecule has 0 radical (unpaired) electrons. The number of benzene rings is 1. The maximum absolute atomic E-state index is 14.7. The maximum Gasteiger partial charge on any atom is 0.223 e. The number of methoxy groups -OCH3 is 1. The molecular formula is C21H23FN8O. The molecule has 160 valence electrons. The molecule has 3 aromatic heterocycles. The molecular weight excluding hydrogens is 399 g/mol. The van der Waals surface area contributed by atoms with E-state index in [-0.39, 0.29) is 11.9 Å². The summed E-state index contributed by atoms with van der Waals surface area (Å²) in [7, 11) is 1.59. The van der Waals surface area contributed by atoms with Gasteiger partial charge in [0.25, 0.3) is 0 Å². The van der Waals surface area contributed by atoms with Gasteiger partial charge in [-0.15, -0.1) is 5.10 Å². The first-order valence-electron chi connectivity index (χ1n) is 10.5. The van der Waals surface area contributed by atoms with Crippen molar-refractivity contribution in [2.75, 3.05) is 30.8 Å². The van der Waals surface area contributed by atoms with E-state index in [1.165, 1.54) is 4.52 Å². The number of nitrogens with zero attached hydrogens (tertiary/aromatic N) is 7. The third kappa shape index (κ3) is 3.05. The quantitative estimate of drug-likeness (QED) is 0.540. The van der Waals surface area contributed by atoms with Gasteiger partial charge in [-0.25, -0.2) is 14.4 Å². The van der Waals surface area contributed by atoms with Crippen LogP contribution in [0.2, 0.25) is 0 Å². The Kier molecular flexibility index (Phi) is 4.02. The van der Waals surface area contributed by atoms with Crippen molar-refractivity contribution < 1.29 is 9.13 Å². The van der Waals surface area contributed by atoms with Gasteiger partial charge < -0.3 is 15.4 Å². The Labute approximate surface area is 177 Å². The van der Waals surface area contributed by atoms with Crippen molar-refractivity contribution in [2.45, 2.75) is 37.4 Å². The molecule has 10 heteroatoms. The molecule has 1 saturated heterocycles. The highest BCUT2D eigenvalue weighted by atomic mass is 19.1. The van der Waals surface area contributed by atoms with Crippen LogP contribution in [0, 0.1) is 0 Å². The largest absolute Gasteiger partial charge is 0.494 e. The van der Waals surface area contributed by atoms with Crippen LogP contribution in [0.1, 0.15) is 37.0 Å². The Bertz CT molecular complexity index is 1280. The first-order valence-corrected chi connectivity index (χ1v) is 10.5. The van der Waals surface area contributed by atoms with Crippen molar-refractivity contribution in [3.05, 3.63) is 36.4 Å². The van der Waals surface area contributed by atoms with Crippen molar-refractivity contribution in [1.29, 1.82) is 0 Å². The van der Waals surface area contributed by atoms with Gasteiger partial charge in [0.1, 0.15) is 17.4 Å². The molecule has 2 fully saturated rings. The number of halogens is 1. The van der Waals surface area contributed by atoms with Crippen LogP contribution in [0.4, 0.5) is 16.0 Å². The van der Waals surface area contributed by atoms with Crippen molar-refractivity contribution >= 4 is 28.2 Å². The fourth-order valence-corrected chi connectivity index (χ4v) is 4.45. The second-order valence-electron chi connectivity index (χ2n) is 8.38. The van der Waals surface area contributed by atoms with Gasteiger partial charge in [-0.1, -0.05) is 6.07 Å². The zero-order valence-corrected chi connectivity index (χ0v) is 17.1. The van der Waals surface area contributed by atoms with Gasteiger partial charge in [0, 0.05) is 30.6 Å². The van der Waals surface area contributed by atoms with E-state index in [9.17, 15) is 4.39 Å². The van der Waals surface area contributed by atoms with Crippen LogP contribution < -0.4 is 15.4 Å². The number of fused-ring (bicyclic) bond motifs is 3. The summed E-state index contributed by atoms with van der Waals surface area (Å²) < 4.78 is 23.7. The molecule has 6 rings (SSSR count). The van der Waals surface area contributed by atoms with E-state index in [2.05, 4.69) is 15.2 Å². The van der Waals surface area contributed by atoms with Gasteiger partial charge >= 0.3 is 0 Å². The number of nitrogens with two attached hydrogens (primary N) is 1. The second kappa shape index (κ2) is 6.79. The van der Waals surface area contributed by atoms with Crippen LogP contribution in [0.5, 0.6) is 5.75 Å². The fraction of sp³-hybridized carbons (Fsp3) is 0.429. The fourth-order valence-electron chi connectivity index (χ4n) is 4.45. The van der Waals surface area contributed by atoms with E-state index < -0.39 is 6.17 Å². The van der Waals surface area contributed by atoms with Crippen molar-refractivity contribution in [3.63, 3.8) is 0 Å². The molecule has 1 saturated carbocycles. The molecule has 1 aliphatic heterocycles. The summed E-state index contributed by atoms with van der Waals surface area (Å²) in [5, 5.41) is 9.86. The lowest BCUT2D eigenvalue weighted by Crippen LogP contribution is -2.40. The van der Waals surface area contributed by atoms with E-state index in [1.807, 2.05) is 40.2 Å². The van der Waals surface area contributed by atoms with E-state index in [0.717, 1.165) is 23.9 Å². The number of para-hydroxylation sites is 1. The van der Waals surface area contributed by atoms with E-state index in [4.69, 9.17) is 15.5 Å². The maximum atomic E-state index is 14.7. The highest BCUT2D eigenvalue weighted by Crippen LogP contribution is 2.36. The third-order valence-electron chi connectivity index (χ3n) is 6.17. The third-order valence-corrected chi connectivity index (χ3v) is 6.17. The molecule has 0 amide bonds. The van der Waals surface area contributed by atoms with Crippen molar-refractivity contribution in [3.8, 4) is 5.75 Å². The van der Waals surface area contributed by atoms with E-state index in [1.54, 1.807) is 7.11 Å². The van der Waals surface area contributed by atoms with Crippen LogP contribution in [0.3, 0.4) is 0 Å². The number of aromatic nitrogens is 6. The van der Waals surface area contributed by atoms with Gasteiger partial charge in [-0.05, 0) is 31.4 Å². The summed E-state index contributed by atoms with van der Waals surface area (Å²) in [4.78, 5) is 11.3. The first kappa shape index (κ1) is 18.3. The zero-order chi connectivity index (χ0) is 21.1. The normalized spacial score (nSPS) is 21.8. The Morgan fingerprint density at radius 1 is 1.19 bits per heavy atom. The van der Waals surface area contributed by atoms with Gasteiger partial charge in [-0.2, -0.15) is 9.61 Å². The number of alkyl halides is 1. The molecule has 2 N–H and O–H groups in total. The molecule has 2 aliphatic rings. The molecule has 1 aliphatic carbocycles. The lowest BCUT2D eigenvalue weighted by atomic mass is 9.96. The number of rotatable bonds is 4. The number of hydrogen-bond acceptors (Lipinski definition) is 7. The zero-order valence-electron chi connectivity index (χ0n) is 17.1. The minimum atomic E-state index is -0.970. The molecule has 1 aromatic carbocycles. The predicted molar refractivity (Wildman–Crippen MR) is 114 cm³/mol. The highest BCUT2D eigenvalue weighted by Gasteiger charge is 2.33. The van der Waals surface area contributed by atoms with Crippen LogP contribution in [0.25, 0.3) is 16.6 Å². The number of ether oxygens (including phenoxy) is 1. The topological polar surface area (TPSA) is 99.4 Å². The number of nitrogen functional groups attached to an aromatic ring is 1. The lowest BCUT2D eigenvalue weighted by Gasteiger charge is -2.34. The monoisotopic (exact) mass is 422 g/mol.